The van der Waals surface area contributed by atoms with E-state index >= 15 is 0 Å². The van der Waals surface area contributed by atoms with Crippen LogP contribution in [0.5, 0.6) is 23.0 Å². The first-order chi connectivity index (χ1) is 28.0. The van der Waals surface area contributed by atoms with Crippen LogP contribution in [-0.2, 0) is 28.1 Å². The van der Waals surface area contributed by atoms with Crippen LogP contribution in [-0.4, -0.2) is 61.4 Å². The monoisotopic (exact) mass is 812 g/mol. The van der Waals surface area contributed by atoms with Crippen molar-refractivity contribution in [2.24, 2.45) is 0 Å². The molecule has 12 heteroatoms. The zero-order valence-corrected chi connectivity index (χ0v) is 37.0. The van der Waals surface area contributed by atoms with Gasteiger partial charge < -0.3 is 47.0 Å². The van der Waals surface area contributed by atoms with Crippen molar-refractivity contribution in [3.05, 3.63) is 72.3 Å². The molecule has 320 valence electrons. The molecule has 10 nitrogen and oxygen atoms in total. The zero-order chi connectivity index (χ0) is 42.0. The van der Waals surface area contributed by atoms with Crippen molar-refractivity contribution in [2.75, 3.05) is 0 Å². The first kappa shape index (κ1) is 43.8. The molecule has 2 saturated carbocycles. The summed E-state index contributed by atoms with van der Waals surface area (Å²) in [5.74, 6) is 2.20. The Hall–Kier alpha value is -3.25. The molecule has 4 fully saturated rings. The molecule has 0 aromatic heterocycles. The van der Waals surface area contributed by atoms with E-state index < -0.39 is 55.5 Å². The highest BCUT2D eigenvalue weighted by Gasteiger charge is 2.54. The fourth-order valence-electron chi connectivity index (χ4n) is 8.08. The molecule has 0 bridgehead atoms. The SMILES string of the molecule is CC(Oc1cc(OC(Oc2ccc(B3OC(C)(C)C(C)(C)O3)c(OC(C)OC3CCCCC3)c2)c2ccccc2)ccc1B1OC(C)(C)C(C)(C)O1)OC1CCCCC1. The van der Waals surface area contributed by atoms with E-state index in [0.717, 1.165) is 42.2 Å². The summed E-state index contributed by atoms with van der Waals surface area (Å²) >= 11 is 0. The minimum absolute atomic E-state index is 0.168. The van der Waals surface area contributed by atoms with Gasteiger partial charge in [-0.05, 0) is 107 Å². The van der Waals surface area contributed by atoms with Gasteiger partial charge in [-0.25, -0.2) is 0 Å². The Bertz CT molecular complexity index is 1690. The summed E-state index contributed by atoms with van der Waals surface area (Å²) < 4.78 is 65.4. The summed E-state index contributed by atoms with van der Waals surface area (Å²) in [4.78, 5) is 0. The van der Waals surface area contributed by atoms with E-state index in [2.05, 4.69) is 0 Å². The molecule has 3 aromatic rings. The van der Waals surface area contributed by atoms with E-state index in [-0.39, 0.29) is 12.2 Å². The number of benzene rings is 3. The summed E-state index contributed by atoms with van der Waals surface area (Å²) in [6, 6.07) is 21.3. The Morgan fingerprint density at radius 1 is 0.492 bits per heavy atom. The Balaban J connectivity index is 1.17. The fraction of sp³-hybridized carbons (Fsp3) is 0.617. The maximum absolute atomic E-state index is 6.74. The molecule has 2 atom stereocenters. The second kappa shape index (κ2) is 18.0. The molecule has 59 heavy (non-hydrogen) atoms. The van der Waals surface area contributed by atoms with Crippen LogP contribution < -0.4 is 29.9 Å². The molecule has 2 aliphatic carbocycles. The molecule has 2 saturated heterocycles. The fourth-order valence-corrected chi connectivity index (χ4v) is 8.08. The third-order valence-corrected chi connectivity index (χ3v) is 13.0. The van der Waals surface area contributed by atoms with E-state index in [1.807, 2.05) is 136 Å². The predicted octanol–water partition coefficient (Wildman–Crippen LogP) is 9.59. The Morgan fingerprint density at radius 3 is 1.24 bits per heavy atom. The van der Waals surface area contributed by atoms with E-state index in [4.69, 9.17) is 47.0 Å². The van der Waals surface area contributed by atoms with Crippen molar-refractivity contribution >= 4 is 25.2 Å². The van der Waals surface area contributed by atoms with Crippen LogP contribution in [0.25, 0.3) is 0 Å². The number of hydrogen-bond acceptors (Lipinski definition) is 10. The van der Waals surface area contributed by atoms with Gasteiger partial charge in [-0.2, -0.15) is 0 Å². The van der Waals surface area contributed by atoms with Gasteiger partial charge in [-0.3, -0.25) is 0 Å². The van der Waals surface area contributed by atoms with Crippen molar-refractivity contribution in [1.29, 1.82) is 0 Å². The van der Waals surface area contributed by atoms with Gasteiger partial charge in [0, 0.05) is 28.6 Å². The predicted molar refractivity (Wildman–Crippen MR) is 231 cm³/mol. The third kappa shape index (κ3) is 10.4. The minimum atomic E-state index is -0.839. The maximum Gasteiger partial charge on any atom is 0.498 e. The van der Waals surface area contributed by atoms with Crippen molar-refractivity contribution in [1.82, 2.24) is 0 Å². The molecule has 0 amide bonds. The highest BCUT2D eigenvalue weighted by Crippen LogP contribution is 2.40. The number of rotatable bonds is 15. The minimum Gasteiger partial charge on any atom is -0.465 e. The topological polar surface area (TPSA) is 92.3 Å². The van der Waals surface area contributed by atoms with Gasteiger partial charge in [0.1, 0.15) is 23.0 Å². The molecule has 0 spiro atoms. The lowest BCUT2D eigenvalue weighted by Crippen LogP contribution is -2.41. The molecule has 2 aliphatic heterocycles. The molecule has 7 rings (SSSR count). The van der Waals surface area contributed by atoms with Crippen LogP contribution in [0.4, 0.5) is 0 Å². The van der Waals surface area contributed by atoms with Crippen LogP contribution >= 0.6 is 0 Å². The lowest BCUT2D eigenvalue weighted by molar-refractivity contribution is -0.117. The normalized spacial score (nSPS) is 23.1. The summed E-state index contributed by atoms with van der Waals surface area (Å²) in [6.45, 7) is 20.3. The van der Waals surface area contributed by atoms with Crippen LogP contribution in [0.15, 0.2) is 66.7 Å². The van der Waals surface area contributed by atoms with Gasteiger partial charge in [0.05, 0.1) is 34.6 Å². The van der Waals surface area contributed by atoms with Crippen LogP contribution in [0.1, 0.15) is 145 Å². The second-order valence-corrected chi connectivity index (χ2v) is 18.7. The van der Waals surface area contributed by atoms with Crippen molar-refractivity contribution in [3.8, 4) is 23.0 Å². The van der Waals surface area contributed by atoms with Crippen LogP contribution in [0.2, 0.25) is 0 Å². The molecule has 0 radical (unpaired) electrons. The molecular formula is C47H66B2O10. The van der Waals surface area contributed by atoms with Gasteiger partial charge in [-0.1, -0.05) is 81.0 Å². The van der Waals surface area contributed by atoms with E-state index in [0.29, 0.717) is 23.0 Å². The summed E-state index contributed by atoms with van der Waals surface area (Å²) in [5.41, 5.74) is 0.239. The molecule has 0 N–H and O–H groups in total. The maximum atomic E-state index is 6.74. The van der Waals surface area contributed by atoms with Gasteiger partial charge >= 0.3 is 14.2 Å². The van der Waals surface area contributed by atoms with Gasteiger partial charge in [-0.15, -0.1) is 0 Å². The van der Waals surface area contributed by atoms with Gasteiger partial charge in [0.2, 0.25) is 0 Å². The highest BCUT2D eigenvalue weighted by molar-refractivity contribution is 6.63. The highest BCUT2D eigenvalue weighted by atomic mass is 16.7. The second-order valence-electron chi connectivity index (χ2n) is 18.7. The Kier molecular flexibility index (Phi) is 13.4. The average Bonchev–Trinajstić information content (AvgIpc) is 3.54. The summed E-state index contributed by atoms with van der Waals surface area (Å²) in [6.07, 6.45) is 9.81. The Morgan fingerprint density at radius 2 is 0.864 bits per heavy atom. The quantitative estimate of drug-likeness (QED) is 0.109. The number of hydrogen-bond donors (Lipinski definition) is 0. The largest absolute Gasteiger partial charge is 0.498 e. The molecule has 2 unspecified atom stereocenters. The first-order valence-electron chi connectivity index (χ1n) is 22.0. The number of ether oxygens (including phenoxy) is 6. The third-order valence-electron chi connectivity index (χ3n) is 13.0. The van der Waals surface area contributed by atoms with Gasteiger partial charge in [0.25, 0.3) is 6.29 Å². The lowest BCUT2D eigenvalue weighted by Gasteiger charge is -2.32. The molecular weight excluding hydrogens is 746 g/mol. The average molecular weight is 813 g/mol. The standard InChI is InChI=1S/C47H66B2O10/c1-32(50-35-22-16-12-17-23-35)52-41-30-37(26-28-39(41)48-56-44(3,4)45(5,6)57-48)54-43(34-20-14-11-15-21-34)55-38-27-29-40(49-58-46(7,8)47(9,10)59-49)42(31-38)53-33(2)51-36-24-18-13-19-25-36/h11,14-15,20-21,26-33,35-36,43H,12-13,16-19,22-25H2,1-10H3. The summed E-state index contributed by atoms with van der Waals surface area (Å²) in [5, 5.41) is 0. The zero-order valence-electron chi connectivity index (χ0n) is 37.0. The summed E-state index contributed by atoms with van der Waals surface area (Å²) in [7, 11) is -1.28. The van der Waals surface area contributed by atoms with Crippen molar-refractivity contribution in [3.63, 3.8) is 0 Å². The van der Waals surface area contributed by atoms with Crippen LogP contribution in [0, 0.1) is 0 Å². The smallest absolute Gasteiger partial charge is 0.465 e. The van der Waals surface area contributed by atoms with Crippen LogP contribution in [0.3, 0.4) is 0 Å². The van der Waals surface area contributed by atoms with E-state index in [1.165, 1.54) is 38.5 Å². The van der Waals surface area contributed by atoms with E-state index in [1.54, 1.807) is 0 Å². The molecule has 3 aromatic carbocycles. The Labute approximate surface area is 353 Å². The van der Waals surface area contributed by atoms with E-state index in [9.17, 15) is 0 Å². The molecule has 2 heterocycles. The molecule has 4 aliphatic rings. The first-order valence-corrected chi connectivity index (χ1v) is 22.0. The van der Waals surface area contributed by atoms with Crippen molar-refractivity contribution in [2.45, 2.75) is 187 Å². The van der Waals surface area contributed by atoms with Crippen molar-refractivity contribution < 1.29 is 47.0 Å². The van der Waals surface area contributed by atoms with Gasteiger partial charge in [0.15, 0.2) is 12.6 Å². The lowest BCUT2D eigenvalue weighted by atomic mass is 9.78.